The first-order chi connectivity index (χ1) is 12.1. The van der Waals surface area contributed by atoms with Crippen LogP contribution in [0.15, 0.2) is 50.3 Å². The highest BCUT2D eigenvalue weighted by atomic mass is 79.9. The van der Waals surface area contributed by atoms with E-state index in [2.05, 4.69) is 41.7 Å². The molecule has 3 heterocycles. The molecule has 3 aromatic rings. The van der Waals surface area contributed by atoms with E-state index in [-0.39, 0.29) is 30.7 Å². The molecule has 0 fully saturated rings. The summed E-state index contributed by atoms with van der Waals surface area (Å²) in [6, 6.07) is 6.64. The Morgan fingerprint density at radius 1 is 1.12 bits per heavy atom. The highest BCUT2D eigenvalue weighted by molar-refractivity contribution is 9.10. The Hall–Kier alpha value is -3.01. The van der Waals surface area contributed by atoms with Crippen molar-refractivity contribution in [2.45, 2.75) is 0 Å². The Bertz CT molecular complexity index is 877. The molecule has 0 aliphatic rings. The van der Waals surface area contributed by atoms with Crippen LogP contribution in [0.3, 0.4) is 0 Å². The van der Waals surface area contributed by atoms with Crippen LogP contribution in [-0.2, 0) is 0 Å². The first-order valence-electron chi connectivity index (χ1n) is 7.19. The molecule has 0 aliphatic heterocycles. The molecule has 3 rings (SSSR count). The lowest BCUT2D eigenvalue weighted by Crippen LogP contribution is -2.34. The summed E-state index contributed by atoms with van der Waals surface area (Å²) in [6.07, 6.45) is 3.04. The van der Waals surface area contributed by atoms with E-state index in [1.54, 1.807) is 30.5 Å². The Balaban J connectivity index is 1.47. The Morgan fingerprint density at radius 3 is 2.60 bits per heavy atom. The summed E-state index contributed by atoms with van der Waals surface area (Å²) < 4.78 is 10.7. The summed E-state index contributed by atoms with van der Waals surface area (Å²) in [6.45, 7) is 0.445. The van der Waals surface area contributed by atoms with Crippen LogP contribution in [0.25, 0.3) is 11.6 Å². The van der Waals surface area contributed by atoms with E-state index in [0.717, 1.165) is 0 Å². The second kappa shape index (κ2) is 7.71. The number of amides is 2. The van der Waals surface area contributed by atoms with Gasteiger partial charge in [-0.25, -0.2) is 0 Å². The normalized spacial score (nSPS) is 10.4. The van der Waals surface area contributed by atoms with E-state index >= 15 is 0 Å². The molecular formula is C15H12BrN5O4. The van der Waals surface area contributed by atoms with Crippen LogP contribution >= 0.6 is 15.9 Å². The smallest absolute Gasteiger partial charge is 0.316 e. The molecule has 3 aromatic heterocycles. The highest BCUT2D eigenvalue weighted by Crippen LogP contribution is 2.22. The Labute approximate surface area is 149 Å². The van der Waals surface area contributed by atoms with Gasteiger partial charge in [0, 0.05) is 25.5 Å². The fourth-order valence-corrected chi connectivity index (χ4v) is 2.18. The number of pyridine rings is 1. The third-order valence-electron chi connectivity index (χ3n) is 3.03. The summed E-state index contributed by atoms with van der Waals surface area (Å²) in [5.74, 6) is -0.467. The van der Waals surface area contributed by atoms with Crippen molar-refractivity contribution in [3.05, 3.63) is 52.8 Å². The second-order valence-electron chi connectivity index (χ2n) is 4.78. The number of aromatic nitrogens is 3. The van der Waals surface area contributed by atoms with Crippen molar-refractivity contribution in [1.29, 1.82) is 0 Å². The molecule has 0 aliphatic carbocycles. The summed E-state index contributed by atoms with van der Waals surface area (Å²) in [7, 11) is 0. The molecule has 0 unspecified atom stereocenters. The molecule has 0 spiro atoms. The van der Waals surface area contributed by atoms with Gasteiger partial charge in [-0.3, -0.25) is 14.6 Å². The molecule has 0 atom stereocenters. The van der Waals surface area contributed by atoms with Gasteiger partial charge in [0.1, 0.15) is 0 Å². The highest BCUT2D eigenvalue weighted by Gasteiger charge is 2.17. The molecule has 0 saturated heterocycles. The van der Waals surface area contributed by atoms with Gasteiger partial charge in [0.2, 0.25) is 5.82 Å². The zero-order valence-corrected chi connectivity index (χ0v) is 14.3. The average Bonchev–Trinajstić information content (AvgIpc) is 3.28. The number of nitrogens with zero attached hydrogens (tertiary/aromatic N) is 3. The van der Waals surface area contributed by atoms with Gasteiger partial charge in [-0.05, 0) is 40.2 Å². The molecule has 9 nitrogen and oxygen atoms in total. The molecule has 25 heavy (non-hydrogen) atoms. The second-order valence-corrected chi connectivity index (χ2v) is 5.56. The van der Waals surface area contributed by atoms with Crippen LogP contribution in [0.4, 0.5) is 0 Å². The van der Waals surface area contributed by atoms with Gasteiger partial charge in [-0.1, -0.05) is 5.16 Å². The van der Waals surface area contributed by atoms with E-state index in [0.29, 0.717) is 16.0 Å². The van der Waals surface area contributed by atoms with E-state index in [1.165, 1.54) is 6.20 Å². The maximum Gasteiger partial charge on any atom is 0.316 e. The molecule has 128 valence electrons. The molecule has 0 radical (unpaired) electrons. The van der Waals surface area contributed by atoms with Crippen molar-refractivity contribution in [3.63, 3.8) is 0 Å². The Morgan fingerprint density at radius 2 is 1.92 bits per heavy atom. The number of carbonyl (C=O) groups is 2. The quantitative estimate of drug-likeness (QED) is 0.597. The number of halogens is 1. The number of furan rings is 1. The lowest BCUT2D eigenvalue weighted by atomic mass is 10.3. The van der Waals surface area contributed by atoms with Crippen LogP contribution in [0.2, 0.25) is 0 Å². The lowest BCUT2D eigenvalue weighted by Gasteiger charge is -2.05. The molecule has 0 aromatic carbocycles. The topological polar surface area (TPSA) is 123 Å². The number of carbonyl (C=O) groups excluding carboxylic acids is 2. The van der Waals surface area contributed by atoms with E-state index in [4.69, 9.17) is 8.94 Å². The van der Waals surface area contributed by atoms with E-state index in [1.807, 2.05) is 0 Å². The number of hydrogen-bond donors (Lipinski definition) is 2. The predicted octanol–water partition coefficient (Wildman–Crippen LogP) is 1.65. The first kappa shape index (κ1) is 16.8. The zero-order valence-electron chi connectivity index (χ0n) is 12.7. The Kier molecular flexibility index (Phi) is 5.19. The van der Waals surface area contributed by atoms with E-state index < -0.39 is 5.91 Å². The maximum atomic E-state index is 11.9. The number of rotatable bonds is 6. The largest absolute Gasteiger partial charge is 0.446 e. The summed E-state index contributed by atoms with van der Waals surface area (Å²) in [5.41, 5.74) is 0.444. The molecule has 2 amide bonds. The molecular weight excluding hydrogens is 394 g/mol. The van der Waals surface area contributed by atoms with Crippen molar-refractivity contribution >= 4 is 27.7 Å². The average molecular weight is 406 g/mol. The van der Waals surface area contributed by atoms with Crippen molar-refractivity contribution in [2.24, 2.45) is 0 Å². The predicted molar refractivity (Wildman–Crippen MR) is 88.6 cm³/mol. The van der Waals surface area contributed by atoms with Gasteiger partial charge < -0.3 is 19.6 Å². The van der Waals surface area contributed by atoms with Crippen molar-refractivity contribution in [3.8, 4) is 11.6 Å². The standard InChI is InChI=1S/C15H12BrN5O4/c16-11-4-3-10(24-11)12-20-15(25-21-12)14(23)19-7-6-18-13(22)9-2-1-5-17-8-9/h1-5,8H,6-7H2,(H,18,22)(H,19,23). The van der Waals surface area contributed by atoms with Crippen LogP contribution in [0, 0.1) is 0 Å². The van der Waals surface area contributed by atoms with Crippen LogP contribution in [-0.4, -0.2) is 40.0 Å². The maximum absolute atomic E-state index is 11.9. The minimum absolute atomic E-state index is 0.167. The summed E-state index contributed by atoms with van der Waals surface area (Å²) >= 11 is 3.17. The van der Waals surface area contributed by atoms with Crippen molar-refractivity contribution in [1.82, 2.24) is 25.8 Å². The van der Waals surface area contributed by atoms with Crippen LogP contribution in [0.5, 0.6) is 0 Å². The number of hydrogen-bond acceptors (Lipinski definition) is 7. The molecule has 2 N–H and O–H groups in total. The lowest BCUT2D eigenvalue weighted by molar-refractivity contribution is 0.0898. The van der Waals surface area contributed by atoms with Gasteiger partial charge in [0.05, 0.1) is 5.56 Å². The molecule has 10 heteroatoms. The monoisotopic (exact) mass is 405 g/mol. The van der Waals surface area contributed by atoms with Crippen molar-refractivity contribution in [2.75, 3.05) is 13.1 Å². The van der Waals surface area contributed by atoms with Gasteiger partial charge in [-0.15, -0.1) is 0 Å². The van der Waals surface area contributed by atoms with Crippen LogP contribution < -0.4 is 10.6 Å². The summed E-state index contributed by atoms with van der Waals surface area (Å²) in [5, 5.41) is 8.91. The van der Waals surface area contributed by atoms with Crippen molar-refractivity contribution < 1.29 is 18.5 Å². The number of nitrogens with one attached hydrogen (secondary N) is 2. The third kappa shape index (κ3) is 4.29. The zero-order chi connectivity index (χ0) is 17.6. The van der Waals surface area contributed by atoms with Crippen LogP contribution in [0.1, 0.15) is 21.0 Å². The fraction of sp³-hybridized carbons (Fsp3) is 0.133. The minimum atomic E-state index is -0.542. The van der Waals surface area contributed by atoms with Gasteiger partial charge in [-0.2, -0.15) is 4.98 Å². The third-order valence-corrected chi connectivity index (χ3v) is 3.46. The fourth-order valence-electron chi connectivity index (χ4n) is 1.88. The summed E-state index contributed by atoms with van der Waals surface area (Å²) in [4.78, 5) is 31.6. The first-order valence-corrected chi connectivity index (χ1v) is 7.98. The van der Waals surface area contributed by atoms with Gasteiger partial charge in [0.25, 0.3) is 5.91 Å². The molecule has 0 saturated carbocycles. The SMILES string of the molecule is O=C(NCCNC(=O)c1nc(-c2ccc(Br)o2)no1)c1cccnc1. The van der Waals surface area contributed by atoms with Gasteiger partial charge in [0.15, 0.2) is 10.4 Å². The molecule has 0 bridgehead atoms. The van der Waals surface area contributed by atoms with E-state index in [9.17, 15) is 9.59 Å². The van der Waals surface area contributed by atoms with Gasteiger partial charge >= 0.3 is 11.8 Å². The minimum Gasteiger partial charge on any atom is -0.446 e.